The number of hydrogen-bond donors (Lipinski definition) is 1. The number of H-pyrrole nitrogens is 1. The lowest BCUT2D eigenvalue weighted by atomic mass is 10.00. The average Bonchev–Trinajstić information content (AvgIpc) is 3.05. The Morgan fingerprint density at radius 1 is 1.21 bits per heavy atom. The Bertz CT molecular complexity index is 868. The summed E-state index contributed by atoms with van der Waals surface area (Å²) in [4.78, 5) is 18.6. The maximum absolute atomic E-state index is 12.7. The zero-order valence-corrected chi connectivity index (χ0v) is 13.5. The highest BCUT2D eigenvalue weighted by atomic mass is 16.2. The van der Waals surface area contributed by atoms with E-state index in [0.29, 0.717) is 18.7 Å². The van der Waals surface area contributed by atoms with Gasteiger partial charge in [-0.2, -0.15) is 5.10 Å². The largest absolute Gasteiger partial charge is 0.334 e. The van der Waals surface area contributed by atoms with Crippen molar-refractivity contribution >= 4 is 5.91 Å². The number of carbonyl (C=O) groups is 1. The normalized spacial score (nSPS) is 13.6. The fourth-order valence-corrected chi connectivity index (χ4v) is 3.09. The van der Waals surface area contributed by atoms with E-state index in [1.165, 1.54) is 5.56 Å². The molecular weight excluding hydrogens is 300 g/mol. The average molecular weight is 318 g/mol. The van der Waals surface area contributed by atoms with Crippen molar-refractivity contribution in [1.82, 2.24) is 20.1 Å². The molecule has 0 aliphatic carbocycles. The SMILES string of the molecule is Cc1ccc(-c2n[nH]c3c2CN(C(=O)c2cccnc2)CC3)cc1. The number of nitrogens with zero attached hydrogens (tertiary/aromatic N) is 3. The van der Waals surface area contributed by atoms with Gasteiger partial charge < -0.3 is 4.90 Å². The number of amides is 1. The molecule has 1 amide bonds. The van der Waals surface area contributed by atoms with E-state index in [-0.39, 0.29) is 5.91 Å². The molecule has 3 aromatic rings. The zero-order chi connectivity index (χ0) is 16.5. The van der Waals surface area contributed by atoms with Crippen LogP contribution in [0.25, 0.3) is 11.3 Å². The van der Waals surface area contributed by atoms with Gasteiger partial charge in [0.2, 0.25) is 0 Å². The summed E-state index contributed by atoms with van der Waals surface area (Å²) in [7, 11) is 0. The number of aromatic amines is 1. The molecule has 0 unspecified atom stereocenters. The highest BCUT2D eigenvalue weighted by Crippen LogP contribution is 2.29. The van der Waals surface area contributed by atoms with Gasteiger partial charge in [-0.05, 0) is 19.1 Å². The van der Waals surface area contributed by atoms with Crippen LogP contribution in [0.15, 0.2) is 48.8 Å². The smallest absolute Gasteiger partial charge is 0.255 e. The highest BCUT2D eigenvalue weighted by Gasteiger charge is 2.26. The van der Waals surface area contributed by atoms with Gasteiger partial charge >= 0.3 is 0 Å². The quantitative estimate of drug-likeness (QED) is 0.790. The predicted octanol–water partition coefficient (Wildman–Crippen LogP) is 2.98. The van der Waals surface area contributed by atoms with Crippen LogP contribution in [0.2, 0.25) is 0 Å². The molecule has 0 atom stereocenters. The van der Waals surface area contributed by atoms with E-state index in [1.54, 1.807) is 24.5 Å². The zero-order valence-electron chi connectivity index (χ0n) is 13.5. The molecule has 5 nitrogen and oxygen atoms in total. The molecule has 24 heavy (non-hydrogen) atoms. The monoisotopic (exact) mass is 318 g/mol. The molecule has 1 aromatic carbocycles. The van der Waals surface area contributed by atoms with Crippen LogP contribution >= 0.6 is 0 Å². The number of fused-ring (bicyclic) bond motifs is 1. The van der Waals surface area contributed by atoms with Crippen molar-refractivity contribution in [2.75, 3.05) is 6.54 Å². The third-order valence-corrected chi connectivity index (χ3v) is 4.45. The summed E-state index contributed by atoms with van der Waals surface area (Å²) in [5.41, 5.74) is 6.10. The third kappa shape index (κ3) is 2.58. The van der Waals surface area contributed by atoms with Crippen LogP contribution < -0.4 is 0 Å². The number of pyridine rings is 1. The van der Waals surface area contributed by atoms with E-state index < -0.39 is 0 Å². The minimum atomic E-state index is 0.0183. The predicted molar refractivity (Wildman–Crippen MR) is 91.4 cm³/mol. The first-order chi connectivity index (χ1) is 11.7. The van der Waals surface area contributed by atoms with Crippen LogP contribution in [0.1, 0.15) is 27.2 Å². The first-order valence-corrected chi connectivity index (χ1v) is 8.05. The van der Waals surface area contributed by atoms with E-state index in [2.05, 4.69) is 46.4 Å². The van der Waals surface area contributed by atoms with Gasteiger partial charge in [-0.1, -0.05) is 29.8 Å². The standard InChI is InChI=1S/C19H18N4O/c1-13-4-6-14(7-5-13)18-16-12-23(10-8-17(16)21-22-18)19(24)15-3-2-9-20-11-15/h2-7,9,11H,8,10,12H2,1H3,(H,21,22). The topological polar surface area (TPSA) is 61.9 Å². The maximum Gasteiger partial charge on any atom is 0.255 e. The van der Waals surface area contributed by atoms with E-state index >= 15 is 0 Å². The van der Waals surface area contributed by atoms with Crippen molar-refractivity contribution in [2.24, 2.45) is 0 Å². The number of hydrogen-bond acceptors (Lipinski definition) is 3. The number of carbonyl (C=O) groups excluding carboxylic acids is 1. The van der Waals surface area contributed by atoms with Crippen LogP contribution in [0.3, 0.4) is 0 Å². The molecule has 0 radical (unpaired) electrons. The second kappa shape index (κ2) is 5.92. The van der Waals surface area contributed by atoms with Crippen molar-refractivity contribution in [3.8, 4) is 11.3 Å². The minimum Gasteiger partial charge on any atom is -0.334 e. The number of nitrogens with one attached hydrogen (secondary N) is 1. The highest BCUT2D eigenvalue weighted by molar-refractivity contribution is 5.94. The Kier molecular flexibility index (Phi) is 3.61. The van der Waals surface area contributed by atoms with Gasteiger partial charge in [-0.25, -0.2) is 0 Å². The summed E-state index contributed by atoms with van der Waals surface area (Å²) in [5.74, 6) is 0.0183. The number of benzene rings is 1. The molecule has 2 aromatic heterocycles. The first kappa shape index (κ1) is 14.6. The van der Waals surface area contributed by atoms with Gasteiger partial charge in [0.05, 0.1) is 11.3 Å². The van der Waals surface area contributed by atoms with E-state index in [1.807, 2.05) is 4.90 Å². The van der Waals surface area contributed by atoms with Crippen LogP contribution in [-0.2, 0) is 13.0 Å². The second-order valence-electron chi connectivity index (χ2n) is 6.11. The van der Waals surface area contributed by atoms with E-state index in [4.69, 9.17) is 0 Å². The molecule has 0 spiro atoms. The molecule has 0 saturated carbocycles. The lowest BCUT2D eigenvalue weighted by Crippen LogP contribution is -2.36. The molecule has 0 saturated heterocycles. The summed E-state index contributed by atoms with van der Waals surface area (Å²) >= 11 is 0. The minimum absolute atomic E-state index is 0.0183. The summed E-state index contributed by atoms with van der Waals surface area (Å²) < 4.78 is 0. The Morgan fingerprint density at radius 2 is 2.04 bits per heavy atom. The fourth-order valence-electron chi connectivity index (χ4n) is 3.09. The van der Waals surface area contributed by atoms with Gasteiger partial charge in [-0.15, -0.1) is 0 Å². The van der Waals surface area contributed by atoms with Crippen LogP contribution in [0.5, 0.6) is 0 Å². The van der Waals surface area contributed by atoms with Crippen molar-refractivity contribution in [3.63, 3.8) is 0 Å². The lowest BCUT2D eigenvalue weighted by Gasteiger charge is -2.27. The lowest BCUT2D eigenvalue weighted by molar-refractivity contribution is 0.0734. The van der Waals surface area contributed by atoms with Gasteiger partial charge in [0.1, 0.15) is 0 Å². The van der Waals surface area contributed by atoms with E-state index in [9.17, 15) is 4.79 Å². The van der Waals surface area contributed by atoms with Crippen LogP contribution in [-0.4, -0.2) is 32.5 Å². The molecule has 0 bridgehead atoms. The van der Waals surface area contributed by atoms with Crippen molar-refractivity contribution in [2.45, 2.75) is 19.9 Å². The number of aryl methyl sites for hydroxylation is 1. The molecule has 5 heteroatoms. The summed E-state index contributed by atoms with van der Waals surface area (Å²) in [5, 5.41) is 7.63. The second-order valence-corrected chi connectivity index (χ2v) is 6.11. The molecule has 1 aliphatic heterocycles. The third-order valence-electron chi connectivity index (χ3n) is 4.45. The molecule has 1 N–H and O–H groups in total. The fraction of sp³-hybridized carbons (Fsp3) is 0.211. The first-order valence-electron chi connectivity index (χ1n) is 8.05. The number of aromatic nitrogens is 3. The van der Waals surface area contributed by atoms with Gasteiger partial charge in [-0.3, -0.25) is 14.9 Å². The van der Waals surface area contributed by atoms with Crippen molar-refractivity contribution in [3.05, 3.63) is 71.2 Å². The van der Waals surface area contributed by atoms with E-state index in [0.717, 1.165) is 28.9 Å². The Labute approximate surface area is 140 Å². The van der Waals surface area contributed by atoms with Crippen molar-refractivity contribution < 1.29 is 4.79 Å². The molecule has 1 aliphatic rings. The van der Waals surface area contributed by atoms with Gasteiger partial charge in [0.15, 0.2) is 0 Å². The Morgan fingerprint density at radius 3 is 2.79 bits per heavy atom. The van der Waals surface area contributed by atoms with Crippen LogP contribution in [0.4, 0.5) is 0 Å². The van der Waals surface area contributed by atoms with Gasteiger partial charge in [0, 0.05) is 48.7 Å². The summed E-state index contributed by atoms with van der Waals surface area (Å²) in [6.07, 6.45) is 4.09. The molecule has 4 rings (SSSR count). The van der Waals surface area contributed by atoms with Gasteiger partial charge in [0.25, 0.3) is 5.91 Å². The van der Waals surface area contributed by atoms with Crippen LogP contribution in [0, 0.1) is 6.92 Å². The summed E-state index contributed by atoms with van der Waals surface area (Å²) in [6.45, 7) is 3.33. The Balaban J connectivity index is 1.64. The number of rotatable bonds is 2. The summed E-state index contributed by atoms with van der Waals surface area (Å²) in [6, 6.07) is 11.9. The molecule has 0 fully saturated rings. The molecule has 120 valence electrons. The Hall–Kier alpha value is -2.95. The molecular formula is C19H18N4O. The molecule has 3 heterocycles. The van der Waals surface area contributed by atoms with Crippen molar-refractivity contribution in [1.29, 1.82) is 0 Å². The maximum atomic E-state index is 12.7.